The standard InChI is InChI=1S/C13H8BrFO/c14-12-6-5-9(8-16)7-11(12)10-3-1-2-4-13(10)15/h1-8H. The van der Waals surface area contributed by atoms with E-state index in [1.165, 1.54) is 6.07 Å². The minimum Gasteiger partial charge on any atom is -0.298 e. The summed E-state index contributed by atoms with van der Waals surface area (Å²) in [5.74, 6) is -0.300. The number of carbonyl (C=O) groups is 1. The lowest BCUT2D eigenvalue weighted by molar-refractivity contribution is 0.112. The van der Waals surface area contributed by atoms with Gasteiger partial charge in [0.1, 0.15) is 12.1 Å². The molecule has 0 aromatic heterocycles. The molecule has 0 spiro atoms. The summed E-state index contributed by atoms with van der Waals surface area (Å²) < 4.78 is 14.3. The summed E-state index contributed by atoms with van der Waals surface area (Å²) in [5, 5.41) is 0. The van der Waals surface area contributed by atoms with Gasteiger partial charge in [0.15, 0.2) is 0 Å². The molecule has 0 saturated carbocycles. The van der Waals surface area contributed by atoms with Crippen LogP contribution in [0.15, 0.2) is 46.9 Å². The molecule has 0 atom stereocenters. The molecule has 0 fully saturated rings. The zero-order chi connectivity index (χ0) is 11.5. The molecule has 80 valence electrons. The normalized spacial score (nSPS) is 10.1. The molecular formula is C13H8BrFO. The number of carbonyl (C=O) groups excluding carboxylic acids is 1. The van der Waals surface area contributed by atoms with Crippen LogP contribution in [0.25, 0.3) is 11.1 Å². The first kappa shape index (κ1) is 11.0. The molecule has 0 radical (unpaired) electrons. The molecule has 2 aromatic carbocycles. The third-order valence-electron chi connectivity index (χ3n) is 2.29. The van der Waals surface area contributed by atoms with Crippen molar-refractivity contribution in [2.75, 3.05) is 0 Å². The van der Waals surface area contributed by atoms with Gasteiger partial charge in [-0.1, -0.05) is 40.2 Å². The zero-order valence-electron chi connectivity index (χ0n) is 8.28. The molecule has 0 saturated heterocycles. The predicted octanol–water partition coefficient (Wildman–Crippen LogP) is 4.07. The van der Waals surface area contributed by atoms with Gasteiger partial charge in [0.25, 0.3) is 0 Å². The Kier molecular flexibility index (Phi) is 3.15. The van der Waals surface area contributed by atoms with Gasteiger partial charge in [-0.25, -0.2) is 4.39 Å². The summed E-state index contributed by atoms with van der Waals surface area (Å²) in [5.41, 5.74) is 1.70. The van der Waals surface area contributed by atoms with E-state index < -0.39 is 0 Å². The van der Waals surface area contributed by atoms with E-state index in [4.69, 9.17) is 0 Å². The fourth-order valence-corrected chi connectivity index (χ4v) is 1.96. The van der Waals surface area contributed by atoms with Crippen LogP contribution in [0.4, 0.5) is 4.39 Å². The van der Waals surface area contributed by atoms with Gasteiger partial charge in [0, 0.05) is 15.6 Å². The first-order chi connectivity index (χ1) is 7.72. The molecule has 1 nitrogen and oxygen atoms in total. The molecule has 0 aliphatic carbocycles. The van der Waals surface area contributed by atoms with Crippen molar-refractivity contribution in [1.82, 2.24) is 0 Å². The highest BCUT2D eigenvalue weighted by molar-refractivity contribution is 9.10. The van der Waals surface area contributed by atoms with Crippen molar-refractivity contribution >= 4 is 22.2 Å². The molecule has 16 heavy (non-hydrogen) atoms. The van der Waals surface area contributed by atoms with Crippen molar-refractivity contribution in [3.63, 3.8) is 0 Å². The summed E-state index contributed by atoms with van der Waals surface area (Å²) in [6.07, 6.45) is 0.747. The van der Waals surface area contributed by atoms with E-state index in [-0.39, 0.29) is 5.82 Å². The Bertz CT molecular complexity index is 537. The van der Waals surface area contributed by atoms with Crippen LogP contribution in [0.1, 0.15) is 10.4 Å². The summed E-state index contributed by atoms with van der Waals surface area (Å²) >= 11 is 3.35. The van der Waals surface area contributed by atoms with Crippen LogP contribution in [0.3, 0.4) is 0 Å². The Labute approximate surface area is 101 Å². The van der Waals surface area contributed by atoms with Crippen molar-refractivity contribution in [1.29, 1.82) is 0 Å². The Morgan fingerprint density at radius 1 is 1.06 bits per heavy atom. The molecule has 0 N–H and O–H groups in total. The first-order valence-corrected chi connectivity index (χ1v) is 5.51. The highest BCUT2D eigenvalue weighted by Crippen LogP contribution is 2.30. The van der Waals surface area contributed by atoms with E-state index in [0.29, 0.717) is 16.7 Å². The molecule has 0 amide bonds. The fraction of sp³-hybridized carbons (Fsp3) is 0. The van der Waals surface area contributed by atoms with Crippen LogP contribution in [0.2, 0.25) is 0 Å². The summed E-state index contributed by atoms with van der Waals surface area (Å²) in [4.78, 5) is 10.7. The van der Waals surface area contributed by atoms with Gasteiger partial charge < -0.3 is 0 Å². The monoisotopic (exact) mass is 278 g/mol. The van der Waals surface area contributed by atoms with Crippen molar-refractivity contribution in [2.24, 2.45) is 0 Å². The molecule has 3 heteroatoms. The molecule has 0 aliphatic rings. The van der Waals surface area contributed by atoms with Crippen LogP contribution >= 0.6 is 15.9 Å². The lowest BCUT2D eigenvalue weighted by Crippen LogP contribution is -1.87. The van der Waals surface area contributed by atoms with Gasteiger partial charge in [-0.2, -0.15) is 0 Å². The maximum Gasteiger partial charge on any atom is 0.150 e. The Hall–Kier alpha value is -1.48. The van der Waals surface area contributed by atoms with Crippen molar-refractivity contribution in [3.8, 4) is 11.1 Å². The van der Waals surface area contributed by atoms with Gasteiger partial charge in [0.05, 0.1) is 0 Å². The molecule has 0 bridgehead atoms. The topological polar surface area (TPSA) is 17.1 Å². The summed E-state index contributed by atoms with van der Waals surface area (Å²) in [7, 11) is 0. The lowest BCUT2D eigenvalue weighted by Gasteiger charge is -2.06. The molecule has 0 heterocycles. The summed E-state index contributed by atoms with van der Waals surface area (Å²) in [6.45, 7) is 0. The van der Waals surface area contributed by atoms with Gasteiger partial charge >= 0.3 is 0 Å². The summed E-state index contributed by atoms with van der Waals surface area (Å²) in [6, 6.07) is 11.6. The number of halogens is 2. The molecule has 2 rings (SSSR count). The van der Waals surface area contributed by atoms with Gasteiger partial charge in [-0.15, -0.1) is 0 Å². The highest BCUT2D eigenvalue weighted by atomic mass is 79.9. The quantitative estimate of drug-likeness (QED) is 0.757. The average Bonchev–Trinajstić information content (AvgIpc) is 2.31. The second-order valence-electron chi connectivity index (χ2n) is 3.34. The van der Waals surface area contributed by atoms with Crippen LogP contribution < -0.4 is 0 Å². The van der Waals surface area contributed by atoms with Crippen LogP contribution in [0.5, 0.6) is 0 Å². The predicted molar refractivity (Wildman–Crippen MR) is 64.9 cm³/mol. The van der Waals surface area contributed by atoms with E-state index in [1.807, 2.05) is 0 Å². The molecule has 0 aliphatic heterocycles. The van der Waals surface area contributed by atoms with Crippen molar-refractivity contribution in [3.05, 3.63) is 58.3 Å². The number of hydrogen-bond donors (Lipinski definition) is 0. The molecule has 2 aromatic rings. The number of rotatable bonds is 2. The van der Waals surface area contributed by atoms with E-state index in [2.05, 4.69) is 15.9 Å². The maximum atomic E-state index is 13.6. The van der Waals surface area contributed by atoms with E-state index in [9.17, 15) is 9.18 Å². The molecular weight excluding hydrogens is 271 g/mol. The SMILES string of the molecule is O=Cc1ccc(Br)c(-c2ccccc2F)c1. The van der Waals surface area contributed by atoms with Crippen LogP contribution in [-0.2, 0) is 0 Å². The third kappa shape index (κ3) is 2.04. The van der Waals surface area contributed by atoms with Crippen LogP contribution in [0, 0.1) is 5.82 Å². The smallest absolute Gasteiger partial charge is 0.150 e. The lowest BCUT2D eigenvalue weighted by atomic mass is 10.0. The highest BCUT2D eigenvalue weighted by Gasteiger charge is 2.08. The first-order valence-electron chi connectivity index (χ1n) is 4.72. The maximum absolute atomic E-state index is 13.6. The second kappa shape index (κ2) is 4.58. The number of aldehydes is 1. The minimum absolute atomic E-state index is 0.300. The molecule has 0 unspecified atom stereocenters. The van der Waals surface area contributed by atoms with Crippen molar-refractivity contribution in [2.45, 2.75) is 0 Å². The van der Waals surface area contributed by atoms with Gasteiger partial charge in [-0.3, -0.25) is 4.79 Å². The average molecular weight is 279 g/mol. The van der Waals surface area contributed by atoms with E-state index in [0.717, 1.165) is 10.8 Å². The van der Waals surface area contributed by atoms with Crippen LogP contribution in [-0.4, -0.2) is 6.29 Å². The Balaban J connectivity index is 2.63. The number of benzene rings is 2. The third-order valence-corrected chi connectivity index (χ3v) is 2.98. The zero-order valence-corrected chi connectivity index (χ0v) is 9.87. The largest absolute Gasteiger partial charge is 0.298 e. The minimum atomic E-state index is -0.300. The second-order valence-corrected chi connectivity index (χ2v) is 4.19. The van der Waals surface area contributed by atoms with Crippen molar-refractivity contribution < 1.29 is 9.18 Å². The van der Waals surface area contributed by atoms with E-state index in [1.54, 1.807) is 36.4 Å². The number of hydrogen-bond acceptors (Lipinski definition) is 1. The fourth-order valence-electron chi connectivity index (χ4n) is 1.50. The Morgan fingerprint density at radius 3 is 2.50 bits per heavy atom. The van der Waals surface area contributed by atoms with Gasteiger partial charge in [-0.05, 0) is 23.8 Å². The Morgan fingerprint density at radius 2 is 1.81 bits per heavy atom. The van der Waals surface area contributed by atoms with E-state index >= 15 is 0 Å². The van der Waals surface area contributed by atoms with Gasteiger partial charge in [0.2, 0.25) is 0 Å².